The van der Waals surface area contributed by atoms with Crippen LogP contribution in [0.5, 0.6) is 5.88 Å². The van der Waals surface area contributed by atoms with Gasteiger partial charge >= 0.3 is 5.69 Å². The van der Waals surface area contributed by atoms with Gasteiger partial charge in [0.1, 0.15) is 0 Å². The van der Waals surface area contributed by atoms with Gasteiger partial charge in [0.25, 0.3) is 0 Å². The van der Waals surface area contributed by atoms with Crippen molar-refractivity contribution in [2.45, 2.75) is 44.8 Å². The second kappa shape index (κ2) is 11.4. The second-order valence-corrected chi connectivity index (χ2v) is 9.85. The van der Waals surface area contributed by atoms with E-state index in [1.165, 1.54) is 0 Å². The molecule has 8 nitrogen and oxygen atoms in total. The number of methoxy groups -OCH3 is 1. The topological polar surface area (TPSA) is 73.9 Å². The van der Waals surface area contributed by atoms with Crippen molar-refractivity contribution in [2.24, 2.45) is 12.0 Å². The van der Waals surface area contributed by atoms with Crippen molar-refractivity contribution in [3.63, 3.8) is 0 Å². The van der Waals surface area contributed by atoms with E-state index in [1.54, 1.807) is 43.0 Å². The summed E-state index contributed by atoms with van der Waals surface area (Å²) in [6.07, 6.45) is 3.45. The smallest absolute Gasteiger partial charge is 0.328 e. The summed E-state index contributed by atoms with van der Waals surface area (Å²) in [7, 11) is 7.47. The summed E-state index contributed by atoms with van der Waals surface area (Å²) in [6.45, 7) is 6.99. The molecule has 9 heteroatoms. The van der Waals surface area contributed by atoms with Gasteiger partial charge in [-0.05, 0) is 77.2 Å². The third-order valence-corrected chi connectivity index (χ3v) is 7.19. The van der Waals surface area contributed by atoms with Crippen LogP contribution >= 0.6 is 0 Å². The van der Waals surface area contributed by atoms with Gasteiger partial charge in [0.2, 0.25) is 11.8 Å². The molecule has 1 aliphatic rings. The first kappa shape index (κ1) is 26.8. The molecule has 0 spiro atoms. The third kappa shape index (κ3) is 5.52. The number of hydrogen-bond donors (Lipinski definition) is 0. The van der Waals surface area contributed by atoms with Gasteiger partial charge < -0.3 is 14.4 Å². The number of pyridine rings is 1. The Labute approximate surface area is 217 Å². The average Bonchev–Trinajstić information content (AvgIpc) is 3.44. The normalized spacial score (nSPS) is 17.5. The molecule has 3 aromatic rings. The van der Waals surface area contributed by atoms with Crippen LogP contribution in [0.25, 0.3) is 22.4 Å². The van der Waals surface area contributed by atoms with E-state index in [0.717, 1.165) is 49.2 Å². The Morgan fingerprint density at radius 1 is 1.22 bits per heavy atom. The van der Waals surface area contributed by atoms with Crippen LogP contribution in [0, 0.1) is 12.9 Å². The summed E-state index contributed by atoms with van der Waals surface area (Å²) in [5.74, 6) is -0.359. The molecule has 0 bridgehead atoms. The summed E-state index contributed by atoms with van der Waals surface area (Å²) in [6, 6.07) is 8.83. The molecule has 2 aromatic heterocycles. The lowest BCUT2D eigenvalue weighted by Crippen LogP contribution is -2.26. The summed E-state index contributed by atoms with van der Waals surface area (Å²) in [5, 5.41) is 0. The van der Waals surface area contributed by atoms with Gasteiger partial charge in [-0.15, -0.1) is 0 Å². The number of imidazole rings is 1. The maximum absolute atomic E-state index is 15.1. The maximum Gasteiger partial charge on any atom is 0.328 e. The first-order chi connectivity index (χ1) is 17.7. The van der Waals surface area contributed by atoms with Gasteiger partial charge in [-0.3, -0.25) is 14.1 Å². The van der Waals surface area contributed by atoms with Gasteiger partial charge in [0.05, 0.1) is 24.1 Å². The second-order valence-electron chi connectivity index (χ2n) is 9.85. The van der Waals surface area contributed by atoms with Gasteiger partial charge in [0, 0.05) is 49.6 Å². The average molecular weight is 510 g/mol. The van der Waals surface area contributed by atoms with Crippen molar-refractivity contribution in [3.8, 4) is 28.3 Å². The van der Waals surface area contributed by atoms with E-state index in [0.29, 0.717) is 23.4 Å². The molecule has 1 aromatic carbocycles. The molecule has 2 heterocycles. The molecular weight excluding hydrogens is 473 g/mol. The van der Waals surface area contributed by atoms with Gasteiger partial charge in [-0.1, -0.05) is 6.07 Å². The maximum atomic E-state index is 15.1. The number of aromatic nitrogens is 3. The number of rotatable bonds is 10. The first-order valence-corrected chi connectivity index (χ1v) is 12.6. The lowest BCUT2D eigenvalue weighted by molar-refractivity contribution is 0.106. The fraction of sp³-hybridized carbons (Fsp3) is 0.464. The van der Waals surface area contributed by atoms with E-state index >= 15 is 4.39 Å². The molecule has 0 N–H and O–H groups in total. The van der Waals surface area contributed by atoms with E-state index in [1.807, 2.05) is 31.7 Å². The van der Waals surface area contributed by atoms with Crippen molar-refractivity contribution in [2.75, 3.05) is 34.4 Å². The number of aliphatic imine (C=N–C) groups is 1. The zero-order valence-corrected chi connectivity index (χ0v) is 22.3. The van der Waals surface area contributed by atoms with Crippen molar-refractivity contribution in [3.05, 3.63) is 52.5 Å². The van der Waals surface area contributed by atoms with Gasteiger partial charge in [-0.2, -0.15) is 9.37 Å². The van der Waals surface area contributed by atoms with Crippen molar-refractivity contribution < 1.29 is 13.9 Å². The molecule has 4 rings (SSSR count). The number of halogens is 1. The zero-order chi connectivity index (χ0) is 26.7. The summed E-state index contributed by atoms with van der Waals surface area (Å²) < 4.78 is 29.8. The molecule has 1 aliphatic carbocycles. The van der Waals surface area contributed by atoms with E-state index in [4.69, 9.17) is 9.47 Å². The highest BCUT2D eigenvalue weighted by Gasteiger charge is 2.31. The van der Waals surface area contributed by atoms with Crippen molar-refractivity contribution >= 4 is 12.4 Å². The number of nitrogens with zero attached hydrogens (tertiary/aromatic N) is 5. The fourth-order valence-corrected chi connectivity index (χ4v) is 5.07. The van der Waals surface area contributed by atoms with Crippen LogP contribution in [0.1, 0.15) is 37.4 Å². The van der Waals surface area contributed by atoms with Crippen LogP contribution in [0.15, 0.2) is 40.1 Å². The standard InChI is InChI=1S/C28H36FN5O3/c1-18-26(34(28(35)33(18)5)20-9-10-21(17-20)36-6)23-16-19(8-12-24(23)30-2)22-11-13-25(31-27(22)29)37-15-7-14-32(3)4/h8,11-13,16,20-21H,2,7,9-10,14-15,17H2,1,3-6H3/t20-,21-/m1/s1. The highest BCUT2D eigenvalue weighted by atomic mass is 19.1. The molecule has 1 fully saturated rings. The molecule has 1 saturated carbocycles. The van der Waals surface area contributed by atoms with E-state index in [-0.39, 0.29) is 23.7 Å². The quantitative estimate of drug-likeness (QED) is 0.224. The van der Waals surface area contributed by atoms with Crippen LogP contribution in [0.2, 0.25) is 0 Å². The number of ether oxygens (including phenoxy) is 2. The Morgan fingerprint density at radius 2 is 2.00 bits per heavy atom. The minimum absolute atomic E-state index is 0.0102. The van der Waals surface area contributed by atoms with Crippen LogP contribution in [-0.4, -0.2) is 66.2 Å². The summed E-state index contributed by atoms with van der Waals surface area (Å²) in [4.78, 5) is 23.6. The highest BCUT2D eigenvalue weighted by molar-refractivity contribution is 5.82. The molecule has 2 atom stereocenters. The molecule has 0 unspecified atom stereocenters. The Balaban J connectivity index is 1.72. The Bertz CT molecular complexity index is 1330. The molecule has 0 aliphatic heterocycles. The minimum Gasteiger partial charge on any atom is -0.478 e. The van der Waals surface area contributed by atoms with Crippen LogP contribution < -0.4 is 10.4 Å². The van der Waals surface area contributed by atoms with E-state index in [9.17, 15) is 4.79 Å². The minimum atomic E-state index is -0.615. The molecule has 0 saturated heterocycles. The monoisotopic (exact) mass is 509 g/mol. The number of hydrogen-bond acceptors (Lipinski definition) is 6. The zero-order valence-electron chi connectivity index (χ0n) is 22.3. The largest absolute Gasteiger partial charge is 0.478 e. The molecular formula is C28H36FN5O3. The summed E-state index contributed by atoms with van der Waals surface area (Å²) in [5.41, 5.74) is 3.84. The fourth-order valence-electron chi connectivity index (χ4n) is 5.07. The lowest BCUT2D eigenvalue weighted by atomic mass is 9.99. The van der Waals surface area contributed by atoms with Crippen molar-refractivity contribution in [1.29, 1.82) is 0 Å². The van der Waals surface area contributed by atoms with Gasteiger partial charge in [-0.25, -0.2) is 4.79 Å². The van der Waals surface area contributed by atoms with Crippen molar-refractivity contribution in [1.82, 2.24) is 19.0 Å². The van der Waals surface area contributed by atoms with Crippen LogP contribution in [0.4, 0.5) is 10.1 Å². The Morgan fingerprint density at radius 3 is 2.65 bits per heavy atom. The Kier molecular flexibility index (Phi) is 8.24. The molecule has 198 valence electrons. The van der Waals surface area contributed by atoms with Crippen LogP contribution in [0.3, 0.4) is 0 Å². The predicted octanol–water partition coefficient (Wildman–Crippen LogP) is 4.77. The predicted molar refractivity (Wildman–Crippen MR) is 145 cm³/mol. The SMILES string of the molecule is C=Nc1ccc(-c2ccc(OCCCN(C)C)nc2F)cc1-c1c(C)n(C)c(=O)n1[C@@H]1CC[C@@H](OC)C1. The lowest BCUT2D eigenvalue weighted by Gasteiger charge is -2.18. The molecule has 0 amide bonds. The first-order valence-electron chi connectivity index (χ1n) is 12.6. The van der Waals surface area contributed by atoms with Crippen LogP contribution in [-0.2, 0) is 11.8 Å². The van der Waals surface area contributed by atoms with E-state index < -0.39 is 5.95 Å². The number of benzene rings is 1. The van der Waals surface area contributed by atoms with Gasteiger partial charge in [0.15, 0.2) is 0 Å². The van der Waals surface area contributed by atoms with E-state index in [2.05, 4.69) is 21.6 Å². The molecule has 0 radical (unpaired) electrons. The Hall–Kier alpha value is -3.30. The highest BCUT2D eigenvalue weighted by Crippen LogP contribution is 2.40. The molecule has 37 heavy (non-hydrogen) atoms. The summed E-state index contributed by atoms with van der Waals surface area (Å²) >= 11 is 0. The third-order valence-electron chi connectivity index (χ3n) is 7.19.